The molecule has 0 heterocycles. The van der Waals surface area contributed by atoms with Crippen LogP contribution in [0, 0.1) is 6.92 Å². The Hall–Kier alpha value is -1.02. The predicted octanol–water partition coefficient (Wildman–Crippen LogP) is 2.70. The van der Waals surface area contributed by atoms with Gasteiger partial charge in [-0.1, -0.05) is 25.1 Å². The van der Waals surface area contributed by atoms with Gasteiger partial charge in [0.15, 0.2) is 0 Å². The van der Waals surface area contributed by atoms with Gasteiger partial charge in [-0.3, -0.25) is 0 Å². The summed E-state index contributed by atoms with van der Waals surface area (Å²) in [5, 5.41) is 0. The van der Waals surface area contributed by atoms with Crippen molar-refractivity contribution in [2.24, 2.45) is 0 Å². The highest BCUT2D eigenvalue weighted by atomic mass is 16.5. The van der Waals surface area contributed by atoms with E-state index in [4.69, 9.17) is 9.47 Å². The van der Waals surface area contributed by atoms with Gasteiger partial charge in [-0.25, -0.2) is 0 Å². The Balaban J connectivity index is 1.99. The van der Waals surface area contributed by atoms with Crippen LogP contribution < -0.4 is 4.74 Å². The Bertz CT molecular complexity index is 221. The van der Waals surface area contributed by atoms with Gasteiger partial charge in [0.1, 0.15) is 5.75 Å². The Morgan fingerprint density at radius 3 is 2.50 bits per heavy atom. The Labute approximate surface area is 85.8 Å². The summed E-state index contributed by atoms with van der Waals surface area (Å²) < 4.78 is 10.8. The number of hydrogen-bond acceptors (Lipinski definition) is 2. The van der Waals surface area contributed by atoms with Gasteiger partial charge in [0.25, 0.3) is 0 Å². The largest absolute Gasteiger partial charge is 0.494 e. The maximum atomic E-state index is 5.49. The van der Waals surface area contributed by atoms with Crippen molar-refractivity contribution in [1.82, 2.24) is 0 Å². The van der Waals surface area contributed by atoms with Crippen LogP contribution in [-0.2, 0) is 4.74 Å². The number of rotatable bonds is 7. The lowest BCUT2D eigenvalue weighted by atomic mass is 10.3. The van der Waals surface area contributed by atoms with Crippen molar-refractivity contribution in [1.29, 1.82) is 0 Å². The first-order chi connectivity index (χ1) is 6.93. The number of ether oxygens (including phenoxy) is 2. The molecular formula is C12H17O2. The first-order valence-corrected chi connectivity index (χ1v) is 4.98. The van der Waals surface area contributed by atoms with Crippen molar-refractivity contribution in [2.75, 3.05) is 19.8 Å². The van der Waals surface area contributed by atoms with Gasteiger partial charge >= 0.3 is 0 Å². The molecule has 1 aromatic rings. The minimum Gasteiger partial charge on any atom is -0.494 e. The summed E-state index contributed by atoms with van der Waals surface area (Å²) in [5.41, 5.74) is 0. The summed E-state index contributed by atoms with van der Waals surface area (Å²) in [5.74, 6) is 0.921. The fourth-order valence-electron chi connectivity index (χ4n) is 1.07. The molecule has 2 heteroatoms. The SMILES string of the molecule is [CH2]CCOCCCOc1ccccc1. The third-order valence-corrected chi connectivity index (χ3v) is 1.73. The molecule has 0 aromatic heterocycles. The quantitative estimate of drug-likeness (QED) is 0.620. The van der Waals surface area contributed by atoms with Crippen LogP contribution in [0.3, 0.4) is 0 Å². The van der Waals surface area contributed by atoms with Crippen LogP contribution in [-0.4, -0.2) is 19.8 Å². The molecule has 0 unspecified atom stereocenters. The van der Waals surface area contributed by atoms with E-state index in [-0.39, 0.29) is 0 Å². The first-order valence-electron chi connectivity index (χ1n) is 4.98. The molecular weight excluding hydrogens is 176 g/mol. The van der Waals surface area contributed by atoms with Crippen LogP contribution in [0.2, 0.25) is 0 Å². The van der Waals surface area contributed by atoms with Gasteiger partial charge in [0, 0.05) is 19.6 Å². The summed E-state index contributed by atoms with van der Waals surface area (Å²) in [6, 6.07) is 9.82. The van der Waals surface area contributed by atoms with Gasteiger partial charge in [-0.05, 0) is 18.6 Å². The van der Waals surface area contributed by atoms with E-state index in [1.54, 1.807) is 0 Å². The Kier molecular flexibility index (Phi) is 5.84. The van der Waals surface area contributed by atoms with E-state index in [1.165, 1.54) is 0 Å². The third-order valence-electron chi connectivity index (χ3n) is 1.73. The van der Waals surface area contributed by atoms with Gasteiger partial charge in [0.05, 0.1) is 6.61 Å². The molecule has 14 heavy (non-hydrogen) atoms. The van der Waals surface area contributed by atoms with Crippen LogP contribution in [0.5, 0.6) is 5.75 Å². The lowest BCUT2D eigenvalue weighted by molar-refractivity contribution is 0.123. The van der Waals surface area contributed by atoms with Crippen molar-refractivity contribution in [3.63, 3.8) is 0 Å². The highest BCUT2D eigenvalue weighted by Crippen LogP contribution is 2.08. The first kappa shape index (κ1) is 11.1. The lowest BCUT2D eigenvalue weighted by Gasteiger charge is -2.05. The Morgan fingerprint density at radius 1 is 1.00 bits per heavy atom. The summed E-state index contributed by atoms with van der Waals surface area (Å²) in [7, 11) is 0. The van der Waals surface area contributed by atoms with Gasteiger partial charge in [-0.2, -0.15) is 0 Å². The van der Waals surface area contributed by atoms with Gasteiger partial charge < -0.3 is 9.47 Å². The maximum Gasteiger partial charge on any atom is 0.119 e. The van der Waals surface area contributed by atoms with Crippen LogP contribution in [0.25, 0.3) is 0 Å². The van der Waals surface area contributed by atoms with Crippen molar-refractivity contribution >= 4 is 0 Å². The van der Waals surface area contributed by atoms with E-state index in [9.17, 15) is 0 Å². The summed E-state index contributed by atoms with van der Waals surface area (Å²) in [6.45, 7) is 5.90. The zero-order valence-corrected chi connectivity index (χ0v) is 8.45. The second-order valence-electron chi connectivity index (χ2n) is 2.98. The maximum absolute atomic E-state index is 5.49. The van der Waals surface area contributed by atoms with E-state index >= 15 is 0 Å². The van der Waals surface area contributed by atoms with Crippen molar-refractivity contribution in [3.05, 3.63) is 37.3 Å². The molecule has 0 spiro atoms. The summed E-state index contributed by atoms with van der Waals surface area (Å²) >= 11 is 0. The molecule has 0 bridgehead atoms. The Morgan fingerprint density at radius 2 is 1.79 bits per heavy atom. The third kappa shape index (κ3) is 4.87. The molecule has 0 aliphatic heterocycles. The molecule has 0 atom stereocenters. The van der Waals surface area contributed by atoms with Gasteiger partial charge in [0.2, 0.25) is 0 Å². The molecule has 1 aromatic carbocycles. The second-order valence-corrected chi connectivity index (χ2v) is 2.98. The molecule has 2 nitrogen and oxygen atoms in total. The second kappa shape index (κ2) is 7.39. The monoisotopic (exact) mass is 193 g/mol. The fourth-order valence-corrected chi connectivity index (χ4v) is 1.07. The molecule has 1 radical (unpaired) electrons. The summed E-state index contributed by atoms with van der Waals surface area (Å²) in [6.07, 6.45) is 1.76. The summed E-state index contributed by atoms with van der Waals surface area (Å²) in [4.78, 5) is 0. The van der Waals surface area contributed by atoms with Crippen LogP contribution in [0.15, 0.2) is 30.3 Å². The van der Waals surface area contributed by atoms with E-state index in [0.29, 0.717) is 6.61 Å². The molecule has 0 amide bonds. The van der Waals surface area contributed by atoms with E-state index in [2.05, 4.69) is 6.92 Å². The lowest BCUT2D eigenvalue weighted by Crippen LogP contribution is -2.03. The topological polar surface area (TPSA) is 18.5 Å². The van der Waals surface area contributed by atoms with E-state index < -0.39 is 0 Å². The fraction of sp³-hybridized carbons (Fsp3) is 0.417. The van der Waals surface area contributed by atoms with Crippen molar-refractivity contribution < 1.29 is 9.47 Å². The average molecular weight is 193 g/mol. The molecule has 0 N–H and O–H groups in total. The molecule has 77 valence electrons. The number of para-hydroxylation sites is 1. The smallest absolute Gasteiger partial charge is 0.119 e. The molecule has 0 aliphatic rings. The molecule has 0 aliphatic carbocycles. The number of hydrogen-bond donors (Lipinski definition) is 0. The highest BCUT2D eigenvalue weighted by Gasteiger charge is 1.91. The van der Waals surface area contributed by atoms with E-state index in [1.807, 2.05) is 30.3 Å². The minimum atomic E-state index is 0.709. The zero-order valence-electron chi connectivity index (χ0n) is 8.45. The molecule has 0 saturated carbocycles. The molecule has 1 rings (SSSR count). The van der Waals surface area contributed by atoms with Gasteiger partial charge in [-0.15, -0.1) is 0 Å². The number of benzene rings is 1. The van der Waals surface area contributed by atoms with Crippen LogP contribution in [0.4, 0.5) is 0 Å². The molecule has 0 fully saturated rings. The van der Waals surface area contributed by atoms with Crippen LogP contribution >= 0.6 is 0 Å². The minimum absolute atomic E-state index is 0.709. The predicted molar refractivity (Wildman–Crippen MR) is 57.3 cm³/mol. The van der Waals surface area contributed by atoms with Crippen molar-refractivity contribution in [3.8, 4) is 5.75 Å². The average Bonchev–Trinajstić information content (AvgIpc) is 2.25. The van der Waals surface area contributed by atoms with Crippen LogP contribution in [0.1, 0.15) is 12.8 Å². The van der Waals surface area contributed by atoms with Crippen molar-refractivity contribution in [2.45, 2.75) is 12.8 Å². The highest BCUT2D eigenvalue weighted by molar-refractivity contribution is 5.20. The van der Waals surface area contributed by atoms with E-state index in [0.717, 1.165) is 31.8 Å². The molecule has 0 saturated heterocycles. The standard InChI is InChI=1S/C12H17O2/c1-2-9-13-10-6-11-14-12-7-4-3-5-8-12/h3-5,7-8H,1-2,6,9-11H2. The zero-order chi connectivity index (χ0) is 10.1. The normalized spacial score (nSPS) is 10.1.